The first-order chi connectivity index (χ1) is 7.13. The molecule has 1 rings (SSSR count). The first-order valence-electron chi connectivity index (χ1n) is 4.83. The maximum atomic E-state index is 10.5. The Hall–Kier alpha value is -0.710. The predicted molar refractivity (Wildman–Crippen MR) is 69.4 cm³/mol. The van der Waals surface area contributed by atoms with Gasteiger partial charge in [-0.3, -0.25) is 4.79 Å². The summed E-state index contributed by atoms with van der Waals surface area (Å²) in [5.41, 5.74) is 6.40. The van der Waals surface area contributed by atoms with E-state index >= 15 is 0 Å². The molecule has 0 radical (unpaired) electrons. The lowest BCUT2D eigenvalue weighted by molar-refractivity contribution is -0.138. The first kappa shape index (κ1) is 15.3. The lowest BCUT2D eigenvalue weighted by Gasteiger charge is -2.06. The third kappa shape index (κ3) is 4.88. The SMILES string of the molecule is CCSc1ccc(CC(N)C(=O)O)cc1.Cl. The summed E-state index contributed by atoms with van der Waals surface area (Å²) >= 11 is 1.76. The fourth-order valence-electron chi connectivity index (χ4n) is 1.23. The number of halogens is 1. The van der Waals surface area contributed by atoms with Crippen molar-refractivity contribution in [3.05, 3.63) is 29.8 Å². The summed E-state index contributed by atoms with van der Waals surface area (Å²) in [6.45, 7) is 2.10. The summed E-state index contributed by atoms with van der Waals surface area (Å²) in [6.07, 6.45) is 0.381. The molecule has 0 heterocycles. The Morgan fingerprint density at radius 2 is 2.00 bits per heavy atom. The highest BCUT2D eigenvalue weighted by Crippen LogP contribution is 2.18. The van der Waals surface area contributed by atoms with Crippen molar-refractivity contribution in [2.24, 2.45) is 5.73 Å². The van der Waals surface area contributed by atoms with Crippen LogP contribution in [0.3, 0.4) is 0 Å². The van der Waals surface area contributed by atoms with Gasteiger partial charge in [0.05, 0.1) is 0 Å². The number of rotatable bonds is 5. The third-order valence-corrected chi connectivity index (χ3v) is 2.90. The molecule has 1 aromatic carbocycles. The minimum absolute atomic E-state index is 0. The van der Waals surface area contributed by atoms with E-state index in [0.29, 0.717) is 6.42 Å². The number of carbonyl (C=O) groups is 1. The molecule has 90 valence electrons. The van der Waals surface area contributed by atoms with Gasteiger partial charge in [-0.1, -0.05) is 19.1 Å². The van der Waals surface area contributed by atoms with Crippen molar-refractivity contribution in [1.82, 2.24) is 0 Å². The minimum atomic E-state index is -0.956. The summed E-state index contributed by atoms with van der Waals surface area (Å²) in [5.74, 6) is 0.0792. The van der Waals surface area contributed by atoms with Crippen molar-refractivity contribution in [1.29, 1.82) is 0 Å². The number of hydrogen-bond acceptors (Lipinski definition) is 3. The Morgan fingerprint density at radius 1 is 1.44 bits per heavy atom. The van der Waals surface area contributed by atoms with E-state index in [-0.39, 0.29) is 12.4 Å². The summed E-state index contributed by atoms with van der Waals surface area (Å²) in [5, 5.41) is 8.65. The summed E-state index contributed by atoms with van der Waals surface area (Å²) in [4.78, 5) is 11.7. The van der Waals surface area contributed by atoms with E-state index < -0.39 is 12.0 Å². The van der Waals surface area contributed by atoms with Crippen molar-refractivity contribution in [3.8, 4) is 0 Å². The standard InChI is InChI=1S/C11H15NO2S.ClH/c1-2-15-9-5-3-8(4-6-9)7-10(12)11(13)14;/h3-6,10H,2,7,12H2,1H3,(H,13,14);1H. The highest BCUT2D eigenvalue weighted by Gasteiger charge is 2.11. The normalized spacial score (nSPS) is 11.6. The monoisotopic (exact) mass is 261 g/mol. The number of carboxylic acid groups (broad SMARTS) is 1. The van der Waals surface area contributed by atoms with Gasteiger partial charge in [0, 0.05) is 4.90 Å². The van der Waals surface area contributed by atoms with Gasteiger partial charge in [-0.15, -0.1) is 24.2 Å². The Bertz CT molecular complexity index is 329. The van der Waals surface area contributed by atoms with E-state index in [1.54, 1.807) is 11.8 Å². The molecule has 0 aromatic heterocycles. The van der Waals surface area contributed by atoms with Crippen LogP contribution in [0, 0.1) is 0 Å². The second-order valence-electron chi connectivity index (χ2n) is 3.23. The van der Waals surface area contributed by atoms with Gasteiger partial charge in [0.25, 0.3) is 0 Å². The van der Waals surface area contributed by atoms with E-state index in [2.05, 4.69) is 6.92 Å². The molecule has 0 saturated carbocycles. The molecule has 1 unspecified atom stereocenters. The second-order valence-corrected chi connectivity index (χ2v) is 4.56. The molecule has 3 N–H and O–H groups in total. The van der Waals surface area contributed by atoms with Crippen LogP contribution in [0.5, 0.6) is 0 Å². The highest BCUT2D eigenvalue weighted by molar-refractivity contribution is 7.99. The molecular formula is C11H16ClNO2S. The number of benzene rings is 1. The molecular weight excluding hydrogens is 246 g/mol. The zero-order valence-electron chi connectivity index (χ0n) is 9.05. The van der Waals surface area contributed by atoms with Gasteiger partial charge in [0.1, 0.15) is 6.04 Å². The van der Waals surface area contributed by atoms with Crippen LogP contribution < -0.4 is 5.73 Å². The molecule has 0 aliphatic carbocycles. The fourth-order valence-corrected chi connectivity index (χ4v) is 1.89. The smallest absolute Gasteiger partial charge is 0.320 e. The zero-order chi connectivity index (χ0) is 11.3. The van der Waals surface area contributed by atoms with Crippen molar-refractivity contribution in [3.63, 3.8) is 0 Å². The average Bonchev–Trinajstić information content (AvgIpc) is 2.21. The lowest BCUT2D eigenvalue weighted by atomic mass is 10.1. The molecule has 0 spiro atoms. The van der Waals surface area contributed by atoms with Crippen LogP contribution in [-0.2, 0) is 11.2 Å². The molecule has 5 heteroatoms. The van der Waals surface area contributed by atoms with Gasteiger partial charge in [0.2, 0.25) is 0 Å². The molecule has 0 bridgehead atoms. The Kier molecular flexibility index (Phi) is 7.21. The van der Waals surface area contributed by atoms with Crippen molar-refractivity contribution < 1.29 is 9.90 Å². The summed E-state index contributed by atoms with van der Waals surface area (Å²) in [6, 6.07) is 7.05. The van der Waals surface area contributed by atoms with Crippen LogP contribution in [-0.4, -0.2) is 22.9 Å². The number of thioether (sulfide) groups is 1. The van der Waals surface area contributed by atoms with E-state index in [1.165, 1.54) is 4.90 Å². The molecule has 1 atom stereocenters. The minimum Gasteiger partial charge on any atom is -0.480 e. The molecule has 0 aliphatic rings. The van der Waals surface area contributed by atoms with Gasteiger partial charge < -0.3 is 10.8 Å². The number of hydrogen-bond donors (Lipinski definition) is 2. The van der Waals surface area contributed by atoms with Crippen LogP contribution in [0.25, 0.3) is 0 Å². The molecule has 3 nitrogen and oxygen atoms in total. The highest BCUT2D eigenvalue weighted by atomic mass is 35.5. The predicted octanol–water partition coefficient (Wildman–Crippen LogP) is 2.17. The molecule has 16 heavy (non-hydrogen) atoms. The van der Waals surface area contributed by atoms with Crippen LogP contribution >= 0.6 is 24.2 Å². The molecule has 0 amide bonds. The molecule has 0 fully saturated rings. The van der Waals surface area contributed by atoms with Gasteiger partial charge >= 0.3 is 5.97 Å². The maximum Gasteiger partial charge on any atom is 0.320 e. The van der Waals surface area contributed by atoms with Gasteiger partial charge in [-0.25, -0.2) is 0 Å². The van der Waals surface area contributed by atoms with E-state index in [1.807, 2.05) is 24.3 Å². The largest absolute Gasteiger partial charge is 0.480 e. The van der Waals surface area contributed by atoms with Gasteiger partial charge in [-0.05, 0) is 29.9 Å². The third-order valence-electron chi connectivity index (χ3n) is 2.01. The molecule has 1 aromatic rings. The van der Waals surface area contributed by atoms with Gasteiger partial charge in [0.15, 0.2) is 0 Å². The van der Waals surface area contributed by atoms with Crippen molar-refractivity contribution in [2.75, 3.05) is 5.75 Å². The Labute approximate surface area is 106 Å². The van der Waals surface area contributed by atoms with Gasteiger partial charge in [-0.2, -0.15) is 0 Å². The quantitative estimate of drug-likeness (QED) is 0.798. The zero-order valence-corrected chi connectivity index (χ0v) is 10.7. The van der Waals surface area contributed by atoms with E-state index in [9.17, 15) is 4.79 Å². The van der Waals surface area contributed by atoms with Crippen molar-refractivity contribution in [2.45, 2.75) is 24.3 Å². The summed E-state index contributed by atoms with van der Waals surface area (Å²) < 4.78 is 0. The van der Waals surface area contributed by atoms with Crippen LogP contribution in [0.2, 0.25) is 0 Å². The van der Waals surface area contributed by atoms with E-state index in [0.717, 1.165) is 11.3 Å². The van der Waals surface area contributed by atoms with Crippen LogP contribution in [0.4, 0.5) is 0 Å². The van der Waals surface area contributed by atoms with E-state index in [4.69, 9.17) is 10.8 Å². The number of nitrogens with two attached hydrogens (primary N) is 1. The van der Waals surface area contributed by atoms with Crippen molar-refractivity contribution >= 4 is 30.1 Å². The number of carboxylic acids is 1. The average molecular weight is 262 g/mol. The molecule has 0 saturated heterocycles. The number of aliphatic carboxylic acids is 1. The summed E-state index contributed by atoms with van der Waals surface area (Å²) in [7, 11) is 0. The van der Waals surface area contributed by atoms with Crippen LogP contribution in [0.1, 0.15) is 12.5 Å². The fraction of sp³-hybridized carbons (Fsp3) is 0.364. The lowest BCUT2D eigenvalue weighted by Crippen LogP contribution is -2.32. The first-order valence-corrected chi connectivity index (χ1v) is 5.82. The Morgan fingerprint density at radius 3 is 2.44 bits per heavy atom. The topological polar surface area (TPSA) is 63.3 Å². The van der Waals surface area contributed by atoms with Crippen LogP contribution in [0.15, 0.2) is 29.2 Å². The maximum absolute atomic E-state index is 10.5. The second kappa shape index (κ2) is 7.54. The Balaban J connectivity index is 0.00000225. The molecule has 0 aliphatic heterocycles.